The van der Waals surface area contributed by atoms with Crippen molar-refractivity contribution in [2.45, 2.75) is 26.8 Å². The molecule has 0 amide bonds. The number of imidazole rings is 1. The molecule has 0 spiro atoms. The number of hydrogen-bond donors (Lipinski definition) is 1. The number of rotatable bonds is 9. The molecular formula is C17H27N3O3. The topological polar surface area (TPSA) is 71.5 Å². The summed E-state index contributed by atoms with van der Waals surface area (Å²) in [4.78, 5) is 4.78. The predicted octanol–water partition coefficient (Wildman–Crippen LogP) is 2.23. The fraction of sp³-hybridized carbons (Fsp3) is 0.588. The van der Waals surface area contributed by atoms with Gasteiger partial charge in [0.05, 0.1) is 38.5 Å². The Labute approximate surface area is 137 Å². The SMILES string of the molecule is COc1cc2nc(CC(C)C)n(CCOCCN)c2cc1OC. The monoisotopic (exact) mass is 321 g/mol. The number of aromatic nitrogens is 2. The van der Waals surface area contributed by atoms with Gasteiger partial charge in [-0.15, -0.1) is 0 Å². The number of nitrogens with two attached hydrogens (primary N) is 1. The molecule has 0 saturated heterocycles. The van der Waals surface area contributed by atoms with Gasteiger partial charge in [-0.25, -0.2) is 4.98 Å². The van der Waals surface area contributed by atoms with Gasteiger partial charge in [-0.2, -0.15) is 0 Å². The van der Waals surface area contributed by atoms with Crippen molar-refractivity contribution in [2.75, 3.05) is 34.0 Å². The smallest absolute Gasteiger partial charge is 0.163 e. The lowest BCUT2D eigenvalue weighted by Gasteiger charge is -2.12. The molecule has 1 aromatic carbocycles. The average molecular weight is 321 g/mol. The number of fused-ring (bicyclic) bond motifs is 1. The number of benzene rings is 1. The van der Waals surface area contributed by atoms with Crippen molar-refractivity contribution in [3.8, 4) is 11.5 Å². The van der Waals surface area contributed by atoms with E-state index in [0.29, 0.717) is 37.2 Å². The van der Waals surface area contributed by atoms with E-state index in [9.17, 15) is 0 Å². The van der Waals surface area contributed by atoms with E-state index in [0.717, 1.165) is 29.8 Å². The molecule has 0 fully saturated rings. The largest absolute Gasteiger partial charge is 0.493 e. The Kier molecular flexibility index (Phi) is 6.24. The zero-order valence-corrected chi connectivity index (χ0v) is 14.5. The maximum Gasteiger partial charge on any atom is 0.163 e. The van der Waals surface area contributed by atoms with Crippen molar-refractivity contribution in [3.05, 3.63) is 18.0 Å². The molecule has 1 aromatic heterocycles. The lowest BCUT2D eigenvalue weighted by atomic mass is 10.1. The molecule has 0 aliphatic heterocycles. The number of nitrogens with zero attached hydrogens (tertiary/aromatic N) is 2. The van der Waals surface area contributed by atoms with Gasteiger partial charge in [0.2, 0.25) is 0 Å². The number of ether oxygens (including phenoxy) is 3. The molecule has 0 aliphatic carbocycles. The molecule has 2 N–H and O–H groups in total. The van der Waals surface area contributed by atoms with Crippen LogP contribution in [0.5, 0.6) is 11.5 Å². The highest BCUT2D eigenvalue weighted by Gasteiger charge is 2.15. The molecule has 0 aliphatic rings. The van der Waals surface area contributed by atoms with Crippen LogP contribution in [0.15, 0.2) is 12.1 Å². The molecule has 6 nitrogen and oxygen atoms in total. The maximum atomic E-state index is 5.54. The summed E-state index contributed by atoms with van der Waals surface area (Å²) >= 11 is 0. The van der Waals surface area contributed by atoms with Crippen LogP contribution in [0.2, 0.25) is 0 Å². The lowest BCUT2D eigenvalue weighted by Crippen LogP contribution is -2.14. The fourth-order valence-electron chi connectivity index (χ4n) is 2.61. The number of methoxy groups -OCH3 is 2. The third kappa shape index (κ3) is 4.14. The molecule has 2 rings (SSSR count). The normalized spacial score (nSPS) is 11.4. The van der Waals surface area contributed by atoms with Crippen LogP contribution in [0.4, 0.5) is 0 Å². The number of hydrogen-bond acceptors (Lipinski definition) is 5. The molecule has 6 heteroatoms. The summed E-state index contributed by atoms with van der Waals surface area (Å²) in [6.07, 6.45) is 0.913. The second-order valence-electron chi connectivity index (χ2n) is 5.87. The summed E-state index contributed by atoms with van der Waals surface area (Å²) in [7, 11) is 3.28. The maximum absolute atomic E-state index is 5.54. The van der Waals surface area contributed by atoms with Gasteiger partial charge >= 0.3 is 0 Å². The molecule has 0 saturated carbocycles. The van der Waals surface area contributed by atoms with Gasteiger partial charge < -0.3 is 24.5 Å². The van der Waals surface area contributed by atoms with E-state index in [1.807, 2.05) is 12.1 Å². The first-order valence-electron chi connectivity index (χ1n) is 7.99. The molecule has 0 bridgehead atoms. The Morgan fingerprint density at radius 2 is 1.83 bits per heavy atom. The van der Waals surface area contributed by atoms with Crippen LogP contribution in [0, 0.1) is 5.92 Å². The van der Waals surface area contributed by atoms with Gasteiger partial charge in [0.15, 0.2) is 11.5 Å². The Morgan fingerprint density at radius 3 is 2.43 bits per heavy atom. The minimum Gasteiger partial charge on any atom is -0.493 e. The average Bonchev–Trinajstić information content (AvgIpc) is 2.85. The molecule has 2 aromatic rings. The van der Waals surface area contributed by atoms with E-state index in [1.165, 1.54) is 0 Å². The van der Waals surface area contributed by atoms with E-state index < -0.39 is 0 Å². The first-order valence-corrected chi connectivity index (χ1v) is 7.99. The second-order valence-corrected chi connectivity index (χ2v) is 5.87. The Bertz CT molecular complexity index is 638. The quantitative estimate of drug-likeness (QED) is 0.717. The van der Waals surface area contributed by atoms with Crippen LogP contribution in [0.1, 0.15) is 19.7 Å². The van der Waals surface area contributed by atoms with Crippen molar-refractivity contribution in [1.82, 2.24) is 9.55 Å². The minimum absolute atomic E-state index is 0.527. The molecular weight excluding hydrogens is 294 g/mol. The van der Waals surface area contributed by atoms with Crippen LogP contribution < -0.4 is 15.2 Å². The van der Waals surface area contributed by atoms with E-state index in [2.05, 4.69) is 18.4 Å². The first kappa shape index (κ1) is 17.6. The van der Waals surface area contributed by atoms with Gasteiger partial charge in [0.1, 0.15) is 5.82 Å². The summed E-state index contributed by atoms with van der Waals surface area (Å²) in [6, 6.07) is 3.91. The lowest BCUT2D eigenvalue weighted by molar-refractivity contribution is 0.133. The van der Waals surface area contributed by atoms with Crippen LogP contribution in [-0.4, -0.2) is 43.5 Å². The van der Waals surface area contributed by atoms with Gasteiger partial charge in [0, 0.05) is 31.6 Å². The van der Waals surface area contributed by atoms with Crippen molar-refractivity contribution in [2.24, 2.45) is 11.7 Å². The van der Waals surface area contributed by atoms with E-state index in [4.69, 9.17) is 24.9 Å². The zero-order valence-electron chi connectivity index (χ0n) is 14.5. The van der Waals surface area contributed by atoms with E-state index in [1.54, 1.807) is 14.2 Å². The predicted molar refractivity (Wildman–Crippen MR) is 91.3 cm³/mol. The van der Waals surface area contributed by atoms with Crippen LogP contribution in [0.25, 0.3) is 11.0 Å². The summed E-state index contributed by atoms with van der Waals surface area (Å²) in [5.41, 5.74) is 7.42. The van der Waals surface area contributed by atoms with Crippen LogP contribution in [-0.2, 0) is 17.7 Å². The summed E-state index contributed by atoms with van der Waals surface area (Å²) in [6.45, 7) is 6.85. The molecule has 0 radical (unpaired) electrons. The van der Waals surface area contributed by atoms with Crippen molar-refractivity contribution in [1.29, 1.82) is 0 Å². The third-order valence-electron chi connectivity index (χ3n) is 3.64. The summed E-state index contributed by atoms with van der Waals surface area (Å²) < 4.78 is 18.5. The first-order chi connectivity index (χ1) is 11.1. The van der Waals surface area contributed by atoms with Gasteiger partial charge in [0.25, 0.3) is 0 Å². The molecule has 1 heterocycles. The fourth-order valence-corrected chi connectivity index (χ4v) is 2.61. The second kappa shape index (κ2) is 8.17. The molecule has 0 unspecified atom stereocenters. The summed E-state index contributed by atoms with van der Waals surface area (Å²) in [5, 5.41) is 0. The van der Waals surface area contributed by atoms with Crippen molar-refractivity contribution >= 4 is 11.0 Å². The zero-order chi connectivity index (χ0) is 16.8. The summed E-state index contributed by atoms with van der Waals surface area (Å²) in [5.74, 6) is 2.99. The Balaban J connectivity index is 2.40. The highest BCUT2D eigenvalue weighted by Crippen LogP contribution is 2.32. The third-order valence-corrected chi connectivity index (χ3v) is 3.64. The van der Waals surface area contributed by atoms with E-state index >= 15 is 0 Å². The van der Waals surface area contributed by atoms with Crippen molar-refractivity contribution < 1.29 is 14.2 Å². The highest BCUT2D eigenvalue weighted by atomic mass is 16.5. The molecule has 128 valence electrons. The minimum atomic E-state index is 0.527. The highest BCUT2D eigenvalue weighted by molar-refractivity contribution is 5.80. The van der Waals surface area contributed by atoms with Crippen molar-refractivity contribution in [3.63, 3.8) is 0 Å². The molecule has 0 atom stereocenters. The standard InChI is InChI=1S/C17H27N3O3/c1-12(2)9-17-19-13-10-15(21-3)16(22-4)11-14(13)20(17)6-8-23-7-5-18/h10-12H,5-9,18H2,1-4H3. The molecule has 23 heavy (non-hydrogen) atoms. The Hall–Kier alpha value is -1.79. The van der Waals surface area contributed by atoms with Gasteiger partial charge in [-0.1, -0.05) is 13.8 Å². The van der Waals surface area contributed by atoms with E-state index in [-0.39, 0.29) is 0 Å². The van der Waals surface area contributed by atoms with Crippen LogP contribution >= 0.6 is 0 Å². The van der Waals surface area contributed by atoms with Crippen LogP contribution in [0.3, 0.4) is 0 Å². The Morgan fingerprint density at radius 1 is 1.13 bits per heavy atom. The van der Waals surface area contributed by atoms with Gasteiger partial charge in [-0.3, -0.25) is 0 Å². The van der Waals surface area contributed by atoms with Gasteiger partial charge in [-0.05, 0) is 5.92 Å².